The summed E-state index contributed by atoms with van der Waals surface area (Å²) < 4.78 is 0. The molecule has 0 bridgehead atoms. The molecule has 0 radical (unpaired) electrons. The lowest BCUT2D eigenvalue weighted by molar-refractivity contribution is 0.00170. The van der Waals surface area contributed by atoms with E-state index in [0.29, 0.717) is 5.54 Å². The average Bonchev–Trinajstić information content (AvgIpc) is 3.32. The van der Waals surface area contributed by atoms with Gasteiger partial charge in [-0.25, -0.2) is 0 Å². The summed E-state index contributed by atoms with van der Waals surface area (Å²) in [5, 5.41) is 3.93. The Kier molecular flexibility index (Phi) is 4.16. The van der Waals surface area contributed by atoms with Crippen molar-refractivity contribution in [1.82, 2.24) is 10.2 Å². The number of nitrogens with one attached hydrogen (secondary N) is 1. The lowest BCUT2D eigenvalue weighted by atomic mass is 9.84. The third-order valence-electron chi connectivity index (χ3n) is 6.31. The van der Waals surface area contributed by atoms with Crippen LogP contribution in [0.25, 0.3) is 0 Å². The maximum Gasteiger partial charge on any atom is 0.0304 e. The number of hydrogen-bond donors (Lipinski definition) is 1. The highest BCUT2D eigenvalue weighted by molar-refractivity contribution is 5.05. The van der Waals surface area contributed by atoms with E-state index in [9.17, 15) is 0 Å². The second kappa shape index (κ2) is 5.61. The Morgan fingerprint density at radius 1 is 1.05 bits per heavy atom. The third-order valence-corrected chi connectivity index (χ3v) is 6.31. The van der Waals surface area contributed by atoms with Crippen molar-refractivity contribution in [3.8, 4) is 0 Å². The molecule has 1 aliphatic heterocycles. The first kappa shape index (κ1) is 14.8. The molecule has 1 atom stereocenters. The van der Waals surface area contributed by atoms with Crippen LogP contribution >= 0.6 is 0 Å². The molecule has 0 aromatic carbocycles. The fraction of sp³-hybridized carbons (Fsp3) is 1.00. The summed E-state index contributed by atoms with van der Waals surface area (Å²) in [6.07, 6.45) is 8.55. The minimum Gasteiger partial charge on any atom is -0.308 e. The van der Waals surface area contributed by atoms with Crippen molar-refractivity contribution in [3.63, 3.8) is 0 Å². The summed E-state index contributed by atoms with van der Waals surface area (Å²) in [4.78, 5) is 2.98. The maximum absolute atomic E-state index is 3.93. The van der Waals surface area contributed by atoms with Gasteiger partial charge in [0.15, 0.2) is 0 Å². The second-order valence-corrected chi connectivity index (χ2v) is 8.02. The minimum absolute atomic E-state index is 0.382. The zero-order valence-electron chi connectivity index (χ0n) is 14.0. The van der Waals surface area contributed by atoms with Crippen molar-refractivity contribution in [1.29, 1.82) is 0 Å². The minimum atomic E-state index is 0.382. The smallest absolute Gasteiger partial charge is 0.0304 e. The Balaban J connectivity index is 1.80. The standard InChI is InChI=1S/C18H34N2/c1-5-18(6-2)12-20(16(11-19-18)13(3)4)17(14-7-8-14)15-9-10-15/h13-17,19H,5-12H2,1-4H3. The first-order valence-corrected chi connectivity index (χ1v) is 9.11. The van der Waals surface area contributed by atoms with E-state index in [-0.39, 0.29) is 0 Å². The van der Waals surface area contributed by atoms with Gasteiger partial charge in [-0.1, -0.05) is 27.7 Å². The summed E-state index contributed by atoms with van der Waals surface area (Å²) in [5.41, 5.74) is 0.382. The monoisotopic (exact) mass is 278 g/mol. The quantitative estimate of drug-likeness (QED) is 0.797. The van der Waals surface area contributed by atoms with Crippen LogP contribution in [0.5, 0.6) is 0 Å². The third kappa shape index (κ3) is 2.78. The summed E-state index contributed by atoms with van der Waals surface area (Å²) in [5.74, 6) is 2.84. The normalized spacial score (nSPS) is 31.2. The van der Waals surface area contributed by atoms with E-state index in [4.69, 9.17) is 0 Å². The predicted molar refractivity (Wildman–Crippen MR) is 85.9 cm³/mol. The average molecular weight is 278 g/mol. The Morgan fingerprint density at radius 2 is 1.60 bits per heavy atom. The number of hydrogen-bond acceptors (Lipinski definition) is 2. The molecule has 3 aliphatic rings. The van der Waals surface area contributed by atoms with E-state index in [2.05, 4.69) is 37.9 Å². The van der Waals surface area contributed by atoms with Crippen molar-refractivity contribution in [2.75, 3.05) is 13.1 Å². The number of rotatable bonds is 6. The molecule has 3 rings (SSSR count). The van der Waals surface area contributed by atoms with Crippen molar-refractivity contribution >= 4 is 0 Å². The van der Waals surface area contributed by atoms with E-state index < -0.39 is 0 Å². The lowest BCUT2D eigenvalue weighted by Gasteiger charge is -2.52. The molecule has 0 aromatic heterocycles. The molecule has 3 fully saturated rings. The zero-order chi connectivity index (χ0) is 14.3. The van der Waals surface area contributed by atoms with E-state index in [1.54, 1.807) is 0 Å². The second-order valence-electron chi connectivity index (χ2n) is 8.02. The molecule has 0 spiro atoms. The molecule has 2 nitrogen and oxygen atoms in total. The van der Waals surface area contributed by atoms with Crippen molar-refractivity contribution < 1.29 is 0 Å². The van der Waals surface area contributed by atoms with Gasteiger partial charge < -0.3 is 5.32 Å². The first-order chi connectivity index (χ1) is 9.60. The molecule has 0 amide bonds. The van der Waals surface area contributed by atoms with E-state index >= 15 is 0 Å². The summed E-state index contributed by atoms with van der Waals surface area (Å²) in [6, 6.07) is 1.68. The van der Waals surface area contributed by atoms with Gasteiger partial charge in [-0.3, -0.25) is 4.90 Å². The van der Waals surface area contributed by atoms with Crippen LogP contribution < -0.4 is 5.32 Å². The molecule has 1 saturated heterocycles. The van der Waals surface area contributed by atoms with E-state index in [0.717, 1.165) is 29.8 Å². The molecule has 116 valence electrons. The zero-order valence-corrected chi connectivity index (χ0v) is 14.0. The fourth-order valence-electron chi connectivity index (χ4n) is 4.43. The molecule has 1 N–H and O–H groups in total. The SMILES string of the molecule is CCC1(CC)CN(C(C2CC2)C2CC2)C(C(C)C)CN1. The Morgan fingerprint density at radius 3 is 2.00 bits per heavy atom. The Bertz CT molecular complexity index is 314. The summed E-state index contributed by atoms with van der Waals surface area (Å²) in [6.45, 7) is 12.1. The largest absolute Gasteiger partial charge is 0.308 e. The van der Waals surface area contributed by atoms with Crippen LogP contribution in [0.1, 0.15) is 66.2 Å². The van der Waals surface area contributed by atoms with Crippen LogP contribution in [0.4, 0.5) is 0 Å². The highest BCUT2D eigenvalue weighted by atomic mass is 15.3. The van der Waals surface area contributed by atoms with Gasteiger partial charge in [0.1, 0.15) is 0 Å². The molecule has 2 saturated carbocycles. The van der Waals surface area contributed by atoms with Crippen molar-refractivity contribution in [3.05, 3.63) is 0 Å². The lowest BCUT2D eigenvalue weighted by Crippen LogP contribution is -2.67. The summed E-state index contributed by atoms with van der Waals surface area (Å²) in [7, 11) is 0. The van der Waals surface area contributed by atoms with E-state index in [1.807, 2.05) is 0 Å². The van der Waals surface area contributed by atoms with Crippen LogP contribution in [-0.2, 0) is 0 Å². The molecule has 20 heavy (non-hydrogen) atoms. The Labute approximate surface area is 125 Å². The van der Waals surface area contributed by atoms with E-state index in [1.165, 1.54) is 51.6 Å². The van der Waals surface area contributed by atoms with Gasteiger partial charge in [-0.2, -0.15) is 0 Å². The van der Waals surface area contributed by atoms with Gasteiger partial charge in [0.05, 0.1) is 0 Å². The van der Waals surface area contributed by atoms with Gasteiger partial charge in [0.2, 0.25) is 0 Å². The van der Waals surface area contributed by atoms with Crippen molar-refractivity contribution in [2.24, 2.45) is 17.8 Å². The first-order valence-electron chi connectivity index (χ1n) is 9.11. The highest BCUT2D eigenvalue weighted by Gasteiger charge is 2.50. The molecule has 1 heterocycles. The topological polar surface area (TPSA) is 15.3 Å². The van der Waals surface area contributed by atoms with Gasteiger partial charge >= 0.3 is 0 Å². The van der Waals surface area contributed by atoms with Gasteiger partial charge in [0, 0.05) is 30.7 Å². The number of piperazine rings is 1. The fourth-order valence-corrected chi connectivity index (χ4v) is 4.43. The Hall–Kier alpha value is -0.0800. The molecular weight excluding hydrogens is 244 g/mol. The van der Waals surface area contributed by atoms with Crippen LogP contribution in [-0.4, -0.2) is 35.6 Å². The molecule has 1 unspecified atom stereocenters. The molecule has 0 aromatic rings. The van der Waals surface area contributed by atoms with Crippen LogP contribution in [0, 0.1) is 17.8 Å². The van der Waals surface area contributed by atoms with Gasteiger partial charge in [-0.05, 0) is 56.3 Å². The predicted octanol–water partition coefficient (Wildman–Crippen LogP) is 3.66. The van der Waals surface area contributed by atoms with Gasteiger partial charge in [-0.15, -0.1) is 0 Å². The molecular formula is C18H34N2. The maximum atomic E-state index is 3.93. The summed E-state index contributed by atoms with van der Waals surface area (Å²) >= 11 is 0. The highest BCUT2D eigenvalue weighted by Crippen LogP contribution is 2.49. The van der Waals surface area contributed by atoms with Crippen LogP contribution in [0.2, 0.25) is 0 Å². The van der Waals surface area contributed by atoms with Crippen molar-refractivity contribution in [2.45, 2.75) is 83.8 Å². The molecule has 2 heteroatoms. The van der Waals surface area contributed by atoms with Gasteiger partial charge in [0.25, 0.3) is 0 Å². The molecule has 2 aliphatic carbocycles. The van der Waals surface area contributed by atoms with Crippen LogP contribution in [0.3, 0.4) is 0 Å². The van der Waals surface area contributed by atoms with Crippen LogP contribution in [0.15, 0.2) is 0 Å². The number of nitrogens with zero attached hydrogens (tertiary/aromatic N) is 1.